The molecule has 11 rings (SSSR count). The van der Waals surface area contributed by atoms with Gasteiger partial charge in [0.2, 0.25) is 0 Å². The van der Waals surface area contributed by atoms with Crippen LogP contribution >= 0.6 is 0 Å². The minimum Gasteiger partial charge on any atom is -0.361 e. The fraction of sp³-hybridized carbons (Fsp3) is 0.0851. The Kier molecular flexibility index (Phi) is 5.51. The van der Waals surface area contributed by atoms with E-state index >= 15 is 0 Å². The van der Waals surface area contributed by atoms with Crippen LogP contribution in [0.4, 0.5) is 0 Å². The maximum Gasteiger partial charge on any atom is 0.148 e. The molecule has 1 aliphatic heterocycles. The van der Waals surface area contributed by atoms with Crippen molar-refractivity contribution in [3.05, 3.63) is 174 Å². The standard InChI is InChI=1S/C47H33N3/c1-47(2)39-24-11-9-21-36(39)43-45(47)49-46(50-40-25-12-10-19-33(40)38-26-28-14-3-4-15-29(28)27-41(38)50)44(48-43)37-23-13-22-35-32-17-6-5-16-30(32)31-18-7-8-20-34(31)42(35)37/h3-27,46,49H,1-2H3. The number of aromatic nitrogens is 1. The molecule has 1 unspecified atom stereocenters. The highest BCUT2D eigenvalue weighted by atomic mass is 15.2. The fourth-order valence-electron chi connectivity index (χ4n) is 9.08. The first-order chi connectivity index (χ1) is 24.6. The van der Waals surface area contributed by atoms with Crippen LogP contribution in [0.2, 0.25) is 0 Å². The van der Waals surface area contributed by atoms with Gasteiger partial charge in [0.1, 0.15) is 6.17 Å². The van der Waals surface area contributed by atoms with Crippen molar-refractivity contribution in [3.63, 3.8) is 0 Å². The normalized spacial score (nSPS) is 16.8. The van der Waals surface area contributed by atoms with Gasteiger partial charge < -0.3 is 9.88 Å². The lowest BCUT2D eigenvalue weighted by Crippen LogP contribution is -2.40. The molecule has 9 aromatic rings. The molecule has 0 radical (unpaired) electrons. The van der Waals surface area contributed by atoms with Crippen LogP contribution in [0.3, 0.4) is 0 Å². The molecule has 0 saturated carbocycles. The number of rotatable bonds is 2. The second-order valence-electron chi connectivity index (χ2n) is 14.4. The molecule has 0 amide bonds. The SMILES string of the molecule is CC1(C)C2=C(N=C(c3cccc4c5ccccc5c5ccccc5c34)C(n3c4ccccc4c4cc5ccccc5cc43)N2)c2ccccc21. The topological polar surface area (TPSA) is 29.3 Å². The van der Waals surface area contributed by atoms with Gasteiger partial charge in [-0.25, -0.2) is 4.99 Å². The summed E-state index contributed by atoms with van der Waals surface area (Å²) in [6.07, 6.45) is -0.262. The summed E-state index contributed by atoms with van der Waals surface area (Å²) >= 11 is 0. The van der Waals surface area contributed by atoms with E-state index < -0.39 is 0 Å². The maximum absolute atomic E-state index is 5.81. The van der Waals surface area contributed by atoms with Crippen molar-refractivity contribution in [2.45, 2.75) is 25.4 Å². The van der Waals surface area contributed by atoms with Crippen LogP contribution < -0.4 is 5.32 Å². The Morgan fingerprint density at radius 1 is 0.520 bits per heavy atom. The molecule has 8 aromatic carbocycles. The van der Waals surface area contributed by atoms with E-state index in [0.29, 0.717) is 0 Å². The Hall–Kier alpha value is -6.19. The highest BCUT2D eigenvalue weighted by Crippen LogP contribution is 2.50. The van der Waals surface area contributed by atoms with E-state index in [0.717, 1.165) is 17.0 Å². The van der Waals surface area contributed by atoms with Gasteiger partial charge in [0, 0.05) is 33.0 Å². The van der Waals surface area contributed by atoms with Crippen molar-refractivity contribution in [2.24, 2.45) is 4.99 Å². The summed E-state index contributed by atoms with van der Waals surface area (Å²) < 4.78 is 2.51. The highest BCUT2D eigenvalue weighted by Gasteiger charge is 2.43. The Bertz CT molecular complexity index is 2950. The van der Waals surface area contributed by atoms with Gasteiger partial charge >= 0.3 is 0 Å². The third-order valence-electron chi connectivity index (χ3n) is 11.4. The Morgan fingerprint density at radius 2 is 1.08 bits per heavy atom. The first kappa shape index (κ1) is 27.7. The lowest BCUT2D eigenvalue weighted by molar-refractivity contribution is 0.503. The van der Waals surface area contributed by atoms with Gasteiger partial charge in [-0.1, -0.05) is 147 Å². The van der Waals surface area contributed by atoms with E-state index in [-0.39, 0.29) is 11.6 Å². The van der Waals surface area contributed by atoms with E-state index in [9.17, 15) is 0 Å². The average Bonchev–Trinajstić information content (AvgIpc) is 3.60. The summed E-state index contributed by atoms with van der Waals surface area (Å²) in [5.74, 6) is 0. The number of fused-ring (bicyclic) bond motifs is 12. The summed E-state index contributed by atoms with van der Waals surface area (Å²) in [5, 5.41) is 16.7. The molecule has 1 aliphatic carbocycles. The van der Waals surface area contributed by atoms with Crippen molar-refractivity contribution in [2.75, 3.05) is 0 Å². The van der Waals surface area contributed by atoms with Crippen molar-refractivity contribution >= 4 is 76.3 Å². The third kappa shape index (κ3) is 3.61. The molecular formula is C47H33N3. The van der Waals surface area contributed by atoms with Crippen LogP contribution in [-0.4, -0.2) is 10.3 Å². The number of hydrogen-bond acceptors (Lipinski definition) is 2. The average molecular weight is 640 g/mol. The van der Waals surface area contributed by atoms with Gasteiger partial charge in [0.05, 0.1) is 22.4 Å². The summed E-state index contributed by atoms with van der Waals surface area (Å²) in [7, 11) is 0. The lowest BCUT2D eigenvalue weighted by Gasteiger charge is -2.35. The van der Waals surface area contributed by atoms with Gasteiger partial charge in [-0.3, -0.25) is 0 Å². The summed E-state index contributed by atoms with van der Waals surface area (Å²) in [6, 6.07) is 55.6. The summed E-state index contributed by atoms with van der Waals surface area (Å²) in [5.41, 5.74) is 9.08. The summed E-state index contributed by atoms with van der Waals surface area (Å²) in [4.78, 5) is 5.81. The molecule has 0 spiro atoms. The minimum absolute atomic E-state index is 0.230. The molecule has 2 heterocycles. The van der Waals surface area contributed by atoms with Crippen molar-refractivity contribution in [1.29, 1.82) is 0 Å². The lowest BCUT2D eigenvalue weighted by atomic mass is 9.84. The molecule has 1 N–H and O–H groups in total. The van der Waals surface area contributed by atoms with Crippen LogP contribution in [0.1, 0.15) is 36.7 Å². The predicted molar refractivity (Wildman–Crippen MR) is 211 cm³/mol. The number of nitrogens with zero attached hydrogens (tertiary/aromatic N) is 2. The number of para-hydroxylation sites is 1. The number of nitrogens with one attached hydrogen (secondary N) is 1. The number of hydrogen-bond donors (Lipinski definition) is 1. The van der Waals surface area contributed by atoms with Crippen molar-refractivity contribution < 1.29 is 0 Å². The Balaban J connectivity index is 1.29. The smallest absolute Gasteiger partial charge is 0.148 e. The zero-order valence-corrected chi connectivity index (χ0v) is 27.9. The van der Waals surface area contributed by atoms with E-state index in [1.807, 2.05) is 0 Å². The molecule has 0 fully saturated rings. The molecule has 0 saturated heterocycles. The largest absolute Gasteiger partial charge is 0.361 e. The molecule has 1 aromatic heterocycles. The number of aliphatic imine (C=N–C) groups is 1. The van der Waals surface area contributed by atoms with E-state index in [1.165, 1.54) is 81.7 Å². The molecule has 2 aliphatic rings. The fourth-order valence-corrected chi connectivity index (χ4v) is 9.08. The Labute approximate surface area is 289 Å². The third-order valence-corrected chi connectivity index (χ3v) is 11.4. The predicted octanol–water partition coefficient (Wildman–Crippen LogP) is 11.7. The zero-order valence-electron chi connectivity index (χ0n) is 27.9. The molecule has 3 nitrogen and oxygen atoms in total. The van der Waals surface area contributed by atoms with Crippen LogP contribution in [0.15, 0.2) is 162 Å². The Morgan fingerprint density at radius 3 is 1.84 bits per heavy atom. The molecular weight excluding hydrogens is 607 g/mol. The van der Waals surface area contributed by atoms with E-state index in [1.54, 1.807) is 0 Å². The van der Waals surface area contributed by atoms with E-state index in [2.05, 4.69) is 175 Å². The first-order valence-corrected chi connectivity index (χ1v) is 17.5. The van der Waals surface area contributed by atoms with Crippen molar-refractivity contribution in [1.82, 2.24) is 9.88 Å². The minimum atomic E-state index is -0.262. The van der Waals surface area contributed by atoms with Crippen LogP contribution in [0.25, 0.3) is 70.6 Å². The van der Waals surface area contributed by atoms with Gasteiger partial charge in [-0.2, -0.15) is 0 Å². The maximum atomic E-state index is 5.81. The van der Waals surface area contributed by atoms with Gasteiger partial charge in [0.15, 0.2) is 0 Å². The summed E-state index contributed by atoms with van der Waals surface area (Å²) in [6.45, 7) is 4.66. The van der Waals surface area contributed by atoms with Crippen LogP contribution in [-0.2, 0) is 5.41 Å². The zero-order chi connectivity index (χ0) is 33.1. The van der Waals surface area contributed by atoms with Crippen LogP contribution in [0, 0.1) is 0 Å². The van der Waals surface area contributed by atoms with Crippen LogP contribution in [0.5, 0.6) is 0 Å². The van der Waals surface area contributed by atoms with Gasteiger partial charge in [-0.15, -0.1) is 0 Å². The number of benzene rings is 8. The molecule has 1 atom stereocenters. The first-order valence-electron chi connectivity index (χ1n) is 17.5. The highest BCUT2D eigenvalue weighted by molar-refractivity contribution is 6.31. The van der Waals surface area contributed by atoms with E-state index in [4.69, 9.17) is 4.99 Å². The number of allylic oxidation sites excluding steroid dienone is 1. The van der Waals surface area contributed by atoms with Crippen molar-refractivity contribution in [3.8, 4) is 0 Å². The second kappa shape index (κ2) is 9.93. The molecule has 50 heavy (non-hydrogen) atoms. The molecule has 3 heteroatoms. The van der Waals surface area contributed by atoms with Gasteiger partial charge in [0.25, 0.3) is 0 Å². The quantitative estimate of drug-likeness (QED) is 0.187. The molecule has 0 bridgehead atoms. The van der Waals surface area contributed by atoms with Gasteiger partial charge in [-0.05, 0) is 66.9 Å². The monoisotopic (exact) mass is 639 g/mol. The second-order valence-corrected chi connectivity index (χ2v) is 14.4. The molecule has 236 valence electrons.